The van der Waals surface area contributed by atoms with E-state index in [9.17, 15) is 13.2 Å². The summed E-state index contributed by atoms with van der Waals surface area (Å²) in [5.41, 5.74) is -0.754. The minimum Gasteiger partial charge on any atom is -0.382 e. The number of ether oxygens (including phenoxy) is 2. The lowest BCUT2D eigenvalue weighted by Crippen LogP contribution is -2.14. The van der Waals surface area contributed by atoms with E-state index in [1.807, 2.05) is 0 Å². The predicted octanol–water partition coefficient (Wildman–Crippen LogP) is 2.57. The maximum absolute atomic E-state index is 12.6. The standard InChI is InChI=1S/C12H17F3N2O2/c1-18-8-9-19-7-3-6-17-11-10(12(13,14)15)4-2-5-16-11/h2,4-5H,3,6-9H2,1H3,(H,16,17). The molecule has 0 bridgehead atoms. The molecular formula is C12H17F3N2O2. The van der Waals surface area contributed by atoms with Crippen LogP contribution in [0.4, 0.5) is 19.0 Å². The molecule has 4 nitrogen and oxygen atoms in total. The molecule has 1 rings (SSSR count). The average molecular weight is 278 g/mol. The number of hydrogen-bond donors (Lipinski definition) is 1. The average Bonchev–Trinajstić information content (AvgIpc) is 2.37. The maximum atomic E-state index is 12.6. The van der Waals surface area contributed by atoms with Crippen molar-refractivity contribution in [3.63, 3.8) is 0 Å². The molecule has 1 heterocycles. The van der Waals surface area contributed by atoms with Crippen molar-refractivity contribution in [3.8, 4) is 0 Å². The molecule has 0 unspecified atom stereocenters. The van der Waals surface area contributed by atoms with E-state index in [0.717, 1.165) is 6.07 Å². The van der Waals surface area contributed by atoms with Gasteiger partial charge in [-0.2, -0.15) is 13.2 Å². The molecule has 0 aliphatic heterocycles. The number of anilines is 1. The Morgan fingerprint density at radius 1 is 1.26 bits per heavy atom. The Labute approximate surface area is 109 Å². The number of nitrogens with zero attached hydrogens (tertiary/aromatic N) is 1. The number of hydrogen-bond acceptors (Lipinski definition) is 4. The SMILES string of the molecule is COCCOCCCNc1ncccc1C(F)(F)F. The van der Waals surface area contributed by atoms with E-state index in [2.05, 4.69) is 10.3 Å². The summed E-state index contributed by atoms with van der Waals surface area (Å²) in [6, 6.07) is 2.27. The summed E-state index contributed by atoms with van der Waals surface area (Å²) in [6.07, 6.45) is -2.48. The van der Waals surface area contributed by atoms with Gasteiger partial charge in [0.1, 0.15) is 5.82 Å². The summed E-state index contributed by atoms with van der Waals surface area (Å²) in [7, 11) is 1.57. The Bertz CT molecular complexity index is 372. The molecule has 0 atom stereocenters. The molecule has 7 heteroatoms. The largest absolute Gasteiger partial charge is 0.419 e. The molecule has 0 aliphatic carbocycles. The summed E-state index contributed by atoms with van der Waals surface area (Å²) < 4.78 is 47.9. The second kappa shape index (κ2) is 7.96. The highest BCUT2D eigenvalue weighted by Gasteiger charge is 2.33. The molecule has 0 aliphatic rings. The van der Waals surface area contributed by atoms with E-state index in [-0.39, 0.29) is 5.82 Å². The van der Waals surface area contributed by atoms with Crippen LogP contribution in [0.2, 0.25) is 0 Å². The lowest BCUT2D eigenvalue weighted by atomic mass is 10.2. The molecule has 1 N–H and O–H groups in total. The number of nitrogens with one attached hydrogen (secondary N) is 1. The highest BCUT2D eigenvalue weighted by atomic mass is 19.4. The van der Waals surface area contributed by atoms with Crippen LogP contribution >= 0.6 is 0 Å². The molecule has 0 fully saturated rings. The summed E-state index contributed by atoms with van der Waals surface area (Å²) in [5, 5.41) is 2.67. The highest BCUT2D eigenvalue weighted by Crippen LogP contribution is 2.33. The lowest BCUT2D eigenvalue weighted by molar-refractivity contribution is -0.137. The first kappa shape index (κ1) is 15.7. The van der Waals surface area contributed by atoms with Gasteiger partial charge in [0.15, 0.2) is 0 Å². The van der Waals surface area contributed by atoms with Gasteiger partial charge in [0.05, 0.1) is 18.8 Å². The summed E-state index contributed by atoms with van der Waals surface area (Å²) in [6.45, 7) is 1.82. The van der Waals surface area contributed by atoms with Crippen LogP contribution in [0.15, 0.2) is 18.3 Å². The van der Waals surface area contributed by atoms with Crippen molar-refractivity contribution in [1.82, 2.24) is 4.98 Å². The summed E-state index contributed by atoms with van der Waals surface area (Å²) in [5.74, 6) is -0.146. The Balaban J connectivity index is 2.33. The quantitative estimate of drug-likeness (QED) is 0.742. The minimum absolute atomic E-state index is 0.146. The van der Waals surface area contributed by atoms with Crippen LogP contribution in [-0.2, 0) is 15.7 Å². The zero-order valence-corrected chi connectivity index (χ0v) is 10.7. The van der Waals surface area contributed by atoms with Crippen LogP contribution in [0, 0.1) is 0 Å². The first-order chi connectivity index (χ1) is 9.05. The number of alkyl halides is 3. The Morgan fingerprint density at radius 3 is 2.74 bits per heavy atom. The van der Waals surface area contributed by atoms with Crippen LogP contribution in [0.25, 0.3) is 0 Å². The van der Waals surface area contributed by atoms with Crippen molar-refractivity contribution in [1.29, 1.82) is 0 Å². The smallest absolute Gasteiger partial charge is 0.382 e. The molecule has 0 radical (unpaired) electrons. The third-order valence-electron chi connectivity index (χ3n) is 2.30. The number of rotatable bonds is 8. The molecule has 19 heavy (non-hydrogen) atoms. The predicted molar refractivity (Wildman–Crippen MR) is 65.0 cm³/mol. The van der Waals surface area contributed by atoms with Gasteiger partial charge >= 0.3 is 6.18 Å². The second-order valence-corrected chi connectivity index (χ2v) is 3.78. The Kier molecular flexibility index (Phi) is 6.58. The van der Waals surface area contributed by atoms with Crippen LogP contribution in [0.1, 0.15) is 12.0 Å². The Hall–Kier alpha value is -1.34. The van der Waals surface area contributed by atoms with Crippen LogP contribution in [0.3, 0.4) is 0 Å². The number of methoxy groups -OCH3 is 1. The van der Waals surface area contributed by atoms with Gasteiger partial charge in [0.25, 0.3) is 0 Å². The molecule has 1 aromatic rings. The molecule has 0 saturated heterocycles. The van der Waals surface area contributed by atoms with Crippen LogP contribution in [-0.4, -0.2) is 38.5 Å². The fourth-order valence-electron chi connectivity index (χ4n) is 1.40. The van der Waals surface area contributed by atoms with Gasteiger partial charge in [-0.25, -0.2) is 4.98 Å². The second-order valence-electron chi connectivity index (χ2n) is 3.78. The number of pyridine rings is 1. The van der Waals surface area contributed by atoms with E-state index in [4.69, 9.17) is 9.47 Å². The van der Waals surface area contributed by atoms with E-state index in [1.165, 1.54) is 12.3 Å². The summed E-state index contributed by atoms with van der Waals surface area (Å²) >= 11 is 0. The molecule has 0 saturated carbocycles. The zero-order chi connectivity index (χ0) is 14.1. The van der Waals surface area contributed by atoms with Gasteiger partial charge in [-0.05, 0) is 18.6 Å². The lowest BCUT2D eigenvalue weighted by Gasteiger charge is -2.13. The maximum Gasteiger partial charge on any atom is 0.419 e. The van der Waals surface area contributed by atoms with E-state index in [0.29, 0.717) is 32.8 Å². The van der Waals surface area contributed by atoms with Crippen molar-refractivity contribution in [2.24, 2.45) is 0 Å². The van der Waals surface area contributed by atoms with Crippen molar-refractivity contribution in [2.45, 2.75) is 12.6 Å². The highest BCUT2D eigenvalue weighted by molar-refractivity contribution is 5.45. The molecule has 0 amide bonds. The Morgan fingerprint density at radius 2 is 2.05 bits per heavy atom. The fourth-order valence-corrected chi connectivity index (χ4v) is 1.40. The molecule has 108 valence electrons. The van der Waals surface area contributed by atoms with Crippen LogP contribution in [0.5, 0.6) is 0 Å². The third-order valence-corrected chi connectivity index (χ3v) is 2.30. The first-order valence-corrected chi connectivity index (χ1v) is 5.88. The number of halogens is 3. The van der Waals surface area contributed by atoms with E-state index in [1.54, 1.807) is 7.11 Å². The van der Waals surface area contributed by atoms with Crippen molar-refractivity contribution in [2.75, 3.05) is 38.8 Å². The fraction of sp³-hybridized carbons (Fsp3) is 0.583. The van der Waals surface area contributed by atoms with Gasteiger partial charge in [-0.3, -0.25) is 0 Å². The van der Waals surface area contributed by atoms with Gasteiger partial charge in [-0.1, -0.05) is 0 Å². The topological polar surface area (TPSA) is 43.4 Å². The normalized spacial score (nSPS) is 11.6. The first-order valence-electron chi connectivity index (χ1n) is 5.88. The zero-order valence-electron chi connectivity index (χ0n) is 10.7. The van der Waals surface area contributed by atoms with Crippen LogP contribution < -0.4 is 5.32 Å². The van der Waals surface area contributed by atoms with Crippen molar-refractivity contribution < 1.29 is 22.6 Å². The van der Waals surface area contributed by atoms with E-state index < -0.39 is 11.7 Å². The molecular weight excluding hydrogens is 261 g/mol. The monoisotopic (exact) mass is 278 g/mol. The minimum atomic E-state index is -4.40. The van der Waals surface area contributed by atoms with E-state index >= 15 is 0 Å². The van der Waals surface area contributed by atoms with Gasteiger partial charge < -0.3 is 14.8 Å². The number of aromatic nitrogens is 1. The molecule has 1 aromatic heterocycles. The third kappa shape index (κ3) is 5.89. The molecule has 0 aromatic carbocycles. The van der Waals surface area contributed by atoms with Gasteiger partial charge in [0, 0.05) is 26.5 Å². The van der Waals surface area contributed by atoms with Crippen molar-refractivity contribution >= 4 is 5.82 Å². The molecule has 0 spiro atoms. The van der Waals surface area contributed by atoms with Gasteiger partial charge in [0.2, 0.25) is 0 Å². The van der Waals surface area contributed by atoms with Crippen molar-refractivity contribution in [3.05, 3.63) is 23.9 Å². The van der Waals surface area contributed by atoms with Gasteiger partial charge in [-0.15, -0.1) is 0 Å². The summed E-state index contributed by atoms with van der Waals surface area (Å²) in [4.78, 5) is 3.70.